The maximum Gasteiger partial charge on any atom is 0.119 e. The summed E-state index contributed by atoms with van der Waals surface area (Å²) in [6, 6.07) is 28.2. The summed E-state index contributed by atoms with van der Waals surface area (Å²) in [4.78, 5) is 4.87. The van der Waals surface area contributed by atoms with Gasteiger partial charge >= 0.3 is 0 Å². The van der Waals surface area contributed by atoms with Gasteiger partial charge < -0.3 is 4.74 Å². The average Bonchev–Trinajstić information content (AvgIpc) is 3.37. The molecule has 3 aromatic carbocycles. The first-order chi connectivity index (χ1) is 16.6. The van der Waals surface area contributed by atoms with Crippen LogP contribution < -0.4 is 4.74 Å². The second kappa shape index (κ2) is 12.5. The van der Waals surface area contributed by atoms with Crippen LogP contribution in [0.1, 0.15) is 42.9 Å². The van der Waals surface area contributed by atoms with Crippen molar-refractivity contribution in [1.82, 2.24) is 9.80 Å². The topological polar surface area (TPSA) is 15.7 Å². The van der Waals surface area contributed by atoms with Crippen LogP contribution in [-0.2, 0) is 0 Å². The van der Waals surface area contributed by atoms with Crippen molar-refractivity contribution in [2.75, 3.05) is 40.0 Å². The summed E-state index contributed by atoms with van der Waals surface area (Å²) >= 11 is 2.37. The number of hydrogen-bond donors (Lipinski definition) is 0. The van der Waals surface area contributed by atoms with Crippen LogP contribution in [0, 0.1) is 3.57 Å². The Bertz CT molecular complexity index is 1060. The molecule has 0 spiro atoms. The van der Waals surface area contributed by atoms with E-state index in [-0.39, 0.29) is 0 Å². The van der Waals surface area contributed by atoms with Crippen LogP contribution in [0.15, 0.2) is 78.9 Å². The van der Waals surface area contributed by atoms with E-state index in [1.54, 1.807) is 0 Å². The molecular weight excluding hydrogens is 531 g/mol. The van der Waals surface area contributed by atoms with E-state index in [9.17, 15) is 0 Å². The van der Waals surface area contributed by atoms with Crippen LogP contribution in [0.2, 0.25) is 0 Å². The Morgan fingerprint density at radius 3 is 2.09 bits per heavy atom. The highest BCUT2D eigenvalue weighted by molar-refractivity contribution is 14.1. The van der Waals surface area contributed by atoms with Gasteiger partial charge in [0.1, 0.15) is 12.4 Å². The fourth-order valence-corrected chi connectivity index (χ4v) is 5.03. The number of ether oxygens (including phenoxy) is 1. The second-order valence-electron chi connectivity index (χ2n) is 9.00. The van der Waals surface area contributed by atoms with E-state index in [1.165, 1.54) is 57.3 Å². The predicted octanol–water partition coefficient (Wildman–Crippen LogP) is 7.02. The van der Waals surface area contributed by atoms with E-state index in [4.69, 9.17) is 4.74 Å². The lowest BCUT2D eigenvalue weighted by atomic mass is 9.88. The quantitative estimate of drug-likeness (QED) is 0.194. The number of nitrogens with zero attached hydrogens (tertiary/aromatic N) is 2. The standard InChI is InChI=1S/C30H35IN2O/c1-3-29(24-9-5-4-6-10-24)30(25-11-15-27(31)16-12-25)26-13-17-28(18-14-26)34-22-21-32(2)23-33-19-7-8-20-33/h4-6,9-18H,3,7-8,19-23H2,1-2H3/b30-29-. The number of rotatable bonds is 10. The highest BCUT2D eigenvalue weighted by Gasteiger charge is 2.14. The molecule has 0 aliphatic carbocycles. The molecule has 0 unspecified atom stereocenters. The van der Waals surface area contributed by atoms with Gasteiger partial charge in [0.15, 0.2) is 0 Å². The normalized spacial score (nSPS) is 14.9. The minimum Gasteiger partial charge on any atom is -0.492 e. The Morgan fingerprint density at radius 2 is 1.47 bits per heavy atom. The highest BCUT2D eigenvalue weighted by Crippen LogP contribution is 2.35. The molecule has 1 aliphatic rings. The van der Waals surface area contributed by atoms with Gasteiger partial charge in [-0.25, -0.2) is 0 Å². The van der Waals surface area contributed by atoms with E-state index in [0.717, 1.165) is 25.4 Å². The maximum absolute atomic E-state index is 6.09. The largest absolute Gasteiger partial charge is 0.492 e. The summed E-state index contributed by atoms with van der Waals surface area (Å²) in [7, 11) is 2.18. The third-order valence-electron chi connectivity index (χ3n) is 6.44. The maximum atomic E-state index is 6.09. The minimum atomic E-state index is 0.702. The summed E-state index contributed by atoms with van der Waals surface area (Å²) in [5.41, 5.74) is 6.40. The van der Waals surface area contributed by atoms with Crippen molar-refractivity contribution in [2.24, 2.45) is 0 Å². The summed E-state index contributed by atoms with van der Waals surface area (Å²) in [6.07, 6.45) is 3.63. The molecule has 4 heteroatoms. The Labute approximate surface area is 218 Å². The van der Waals surface area contributed by atoms with Crippen LogP contribution in [0.3, 0.4) is 0 Å². The number of hydrogen-bond acceptors (Lipinski definition) is 3. The first-order valence-corrected chi connectivity index (χ1v) is 13.4. The van der Waals surface area contributed by atoms with Crippen LogP contribution in [0.5, 0.6) is 5.75 Å². The molecule has 0 bridgehead atoms. The molecule has 1 saturated heterocycles. The molecule has 0 aromatic heterocycles. The van der Waals surface area contributed by atoms with Gasteiger partial charge in [0.2, 0.25) is 0 Å². The van der Waals surface area contributed by atoms with Crippen LogP contribution in [-0.4, -0.2) is 49.8 Å². The highest BCUT2D eigenvalue weighted by atomic mass is 127. The molecule has 1 fully saturated rings. The van der Waals surface area contributed by atoms with Crippen LogP contribution in [0.25, 0.3) is 11.1 Å². The van der Waals surface area contributed by atoms with Crippen molar-refractivity contribution in [1.29, 1.82) is 0 Å². The Kier molecular flexibility index (Phi) is 9.19. The third kappa shape index (κ3) is 6.71. The zero-order chi connectivity index (χ0) is 23.8. The number of allylic oxidation sites excluding steroid dienone is 1. The number of likely N-dealkylation sites (N-methyl/N-ethyl adjacent to an activating group) is 1. The predicted molar refractivity (Wildman–Crippen MR) is 152 cm³/mol. The Morgan fingerprint density at radius 1 is 0.853 bits per heavy atom. The smallest absolute Gasteiger partial charge is 0.119 e. The molecule has 0 radical (unpaired) electrons. The van der Waals surface area contributed by atoms with Gasteiger partial charge in [0.05, 0.1) is 6.67 Å². The fraction of sp³-hybridized carbons (Fsp3) is 0.333. The van der Waals surface area contributed by atoms with Crippen LogP contribution in [0.4, 0.5) is 0 Å². The van der Waals surface area contributed by atoms with E-state index >= 15 is 0 Å². The molecule has 0 saturated carbocycles. The lowest BCUT2D eigenvalue weighted by molar-refractivity contribution is 0.157. The van der Waals surface area contributed by atoms with Gasteiger partial charge in [-0.2, -0.15) is 0 Å². The number of halogens is 1. The summed E-state index contributed by atoms with van der Waals surface area (Å²) in [6.45, 7) is 7.36. The van der Waals surface area contributed by atoms with Gasteiger partial charge in [-0.05, 0) is 114 Å². The second-order valence-corrected chi connectivity index (χ2v) is 10.2. The van der Waals surface area contributed by atoms with E-state index in [0.29, 0.717) is 6.61 Å². The zero-order valence-corrected chi connectivity index (χ0v) is 22.5. The molecular formula is C30H35IN2O. The van der Waals surface area contributed by atoms with Gasteiger partial charge in [0.25, 0.3) is 0 Å². The van der Waals surface area contributed by atoms with Gasteiger partial charge in [-0.15, -0.1) is 0 Å². The van der Waals surface area contributed by atoms with E-state index in [2.05, 4.69) is 125 Å². The molecule has 0 atom stereocenters. The number of benzene rings is 3. The summed E-state index contributed by atoms with van der Waals surface area (Å²) < 4.78 is 7.34. The van der Waals surface area contributed by atoms with Crippen LogP contribution >= 0.6 is 22.6 Å². The fourth-order valence-electron chi connectivity index (χ4n) is 4.67. The molecule has 34 heavy (non-hydrogen) atoms. The summed E-state index contributed by atoms with van der Waals surface area (Å²) in [5.74, 6) is 0.929. The van der Waals surface area contributed by atoms with Crippen molar-refractivity contribution >= 4 is 33.7 Å². The monoisotopic (exact) mass is 566 g/mol. The van der Waals surface area contributed by atoms with Gasteiger partial charge in [-0.1, -0.05) is 61.5 Å². The molecule has 1 heterocycles. The first-order valence-electron chi connectivity index (χ1n) is 12.3. The van der Waals surface area contributed by atoms with Crippen molar-refractivity contribution in [3.05, 3.63) is 99.1 Å². The number of likely N-dealkylation sites (tertiary alicyclic amines) is 1. The van der Waals surface area contributed by atoms with Gasteiger partial charge in [0, 0.05) is 10.1 Å². The van der Waals surface area contributed by atoms with Gasteiger partial charge in [-0.3, -0.25) is 9.80 Å². The lowest BCUT2D eigenvalue weighted by Gasteiger charge is -2.23. The molecule has 4 rings (SSSR count). The lowest BCUT2D eigenvalue weighted by Crippen LogP contribution is -2.35. The average molecular weight is 567 g/mol. The zero-order valence-electron chi connectivity index (χ0n) is 20.3. The Hall–Kier alpha value is -2.15. The minimum absolute atomic E-state index is 0.702. The molecule has 3 nitrogen and oxygen atoms in total. The molecule has 0 amide bonds. The van der Waals surface area contributed by atoms with Crippen molar-refractivity contribution < 1.29 is 4.74 Å². The summed E-state index contributed by atoms with van der Waals surface area (Å²) in [5, 5.41) is 0. The van der Waals surface area contributed by atoms with Crippen molar-refractivity contribution in [3.8, 4) is 5.75 Å². The van der Waals surface area contributed by atoms with Crippen molar-refractivity contribution in [2.45, 2.75) is 26.2 Å². The molecule has 178 valence electrons. The SMILES string of the molecule is CC/C(=C(\c1ccc(I)cc1)c1ccc(OCCN(C)CN2CCCC2)cc1)c1ccccc1. The van der Waals surface area contributed by atoms with E-state index < -0.39 is 0 Å². The molecule has 1 aliphatic heterocycles. The first kappa shape index (κ1) is 25.0. The van der Waals surface area contributed by atoms with E-state index in [1.807, 2.05) is 0 Å². The molecule has 3 aromatic rings. The van der Waals surface area contributed by atoms with Crippen molar-refractivity contribution in [3.63, 3.8) is 0 Å². The Balaban J connectivity index is 1.51. The third-order valence-corrected chi connectivity index (χ3v) is 7.15. The molecule has 0 N–H and O–H groups in total.